The zero-order chi connectivity index (χ0) is 18.6. The van der Waals surface area contributed by atoms with Crippen LogP contribution in [-0.4, -0.2) is 15.2 Å². The molecule has 0 bridgehead atoms. The summed E-state index contributed by atoms with van der Waals surface area (Å²) in [5, 5.41) is 12.0. The molecule has 0 amide bonds. The molecule has 0 aliphatic carbocycles. The van der Waals surface area contributed by atoms with Gasteiger partial charge >= 0.3 is 0 Å². The predicted molar refractivity (Wildman–Crippen MR) is 111 cm³/mol. The molecule has 2 aromatic heterocycles. The predicted octanol–water partition coefficient (Wildman–Crippen LogP) is 6.02. The number of aryl methyl sites for hydroxylation is 2. The van der Waals surface area contributed by atoms with E-state index in [1.165, 1.54) is 22.9 Å². The summed E-state index contributed by atoms with van der Waals surface area (Å²) in [6, 6.07) is 16.7. The molecule has 0 N–H and O–H groups in total. The maximum atomic E-state index is 5.78. The lowest BCUT2D eigenvalue weighted by Crippen LogP contribution is -1.83. The van der Waals surface area contributed by atoms with E-state index in [2.05, 4.69) is 46.8 Å². The molecule has 4 rings (SSSR count). The zero-order valence-corrected chi connectivity index (χ0v) is 16.8. The summed E-state index contributed by atoms with van der Waals surface area (Å²) in [6.07, 6.45) is 1.05. The Balaban J connectivity index is 1.41. The second-order valence-electron chi connectivity index (χ2n) is 6.23. The molecule has 0 saturated heterocycles. The Hall–Kier alpha value is -2.44. The first-order valence-electron chi connectivity index (χ1n) is 8.78. The van der Waals surface area contributed by atoms with Gasteiger partial charge in [0, 0.05) is 22.3 Å². The van der Waals surface area contributed by atoms with Crippen molar-refractivity contribution >= 4 is 23.1 Å². The lowest BCUT2D eigenvalue weighted by Gasteiger charge is -1.99. The molecule has 27 heavy (non-hydrogen) atoms. The molecule has 2 aromatic carbocycles. The number of hydrogen-bond acceptors (Lipinski definition) is 6. The van der Waals surface area contributed by atoms with Gasteiger partial charge in [0.25, 0.3) is 5.22 Å². The smallest absolute Gasteiger partial charge is 0.277 e. The van der Waals surface area contributed by atoms with Crippen molar-refractivity contribution in [3.63, 3.8) is 0 Å². The van der Waals surface area contributed by atoms with Crippen LogP contribution in [0.3, 0.4) is 0 Å². The Labute approximate surface area is 166 Å². The molecule has 0 aliphatic heterocycles. The Morgan fingerprint density at radius 2 is 1.89 bits per heavy atom. The normalized spacial score (nSPS) is 11.0. The zero-order valence-electron chi connectivity index (χ0n) is 15.2. The molecule has 4 aromatic rings. The van der Waals surface area contributed by atoms with Gasteiger partial charge in [0.2, 0.25) is 5.89 Å². The number of hydrogen-bond donors (Lipinski definition) is 0. The van der Waals surface area contributed by atoms with E-state index in [1.54, 1.807) is 11.3 Å². The second kappa shape index (κ2) is 8.06. The number of aromatic nitrogens is 3. The van der Waals surface area contributed by atoms with Crippen molar-refractivity contribution in [2.24, 2.45) is 0 Å². The van der Waals surface area contributed by atoms with Crippen LogP contribution < -0.4 is 0 Å². The third-order valence-electron chi connectivity index (χ3n) is 4.18. The maximum absolute atomic E-state index is 5.78. The van der Waals surface area contributed by atoms with E-state index in [0.717, 1.165) is 28.2 Å². The van der Waals surface area contributed by atoms with Crippen molar-refractivity contribution in [2.45, 2.75) is 31.2 Å². The third kappa shape index (κ3) is 4.28. The van der Waals surface area contributed by atoms with Crippen LogP contribution in [0, 0.1) is 6.92 Å². The van der Waals surface area contributed by atoms with Crippen molar-refractivity contribution in [1.29, 1.82) is 0 Å². The highest BCUT2D eigenvalue weighted by molar-refractivity contribution is 7.98. The van der Waals surface area contributed by atoms with Crippen LogP contribution in [0.2, 0.25) is 0 Å². The van der Waals surface area contributed by atoms with Crippen LogP contribution in [0.15, 0.2) is 63.6 Å². The Morgan fingerprint density at radius 1 is 1.04 bits per heavy atom. The first-order valence-corrected chi connectivity index (χ1v) is 10.6. The van der Waals surface area contributed by atoms with Gasteiger partial charge in [0.1, 0.15) is 5.01 Å². The summed E-state index contributed by atoms with van der Waals surface area (Å²) in [5.74, 6) is 1.26. The van der Waals surface area contributed by atoms with Gasteiger partial charge in [-0.1, -0.05) is 60.6 Å². The first kappa shape index (κ1) is 17.9. The quantitative estimate of drug-likeness (QED) is 0.375. The standard InChI is InChI=1S/C21H19N3OS2/c1-3-15-7-9-16(10-8-15)20-22-18(12-26-20)13-27-21-24-23-19(25-21)17-6-4-5-14(2)11-17/h4-12H,3,13H2,1-2H3. The molecule has 0 atom stereocenters. The molecule has 0 spiro atoms. The lowest BCUT2D eigenvalue weighted by atomic mass is 10.1. The van der Waals surface area contributed by atoms with Gasteiger partial charge in [-0.2, -0.15) is 0 Å². The van der Waals surface area contributed by atoms with Crippen LogP contribution in [0.25, 0.3) is 22.0 Å². The van der Waals surface area contributed by atoms with E-state index in [1.807, 2.05) is 31.2 Å². The number of thiazole rings is 1. The molecule has 4 nitrogen and oxygen atoms in total. The van der Waals surface area contributed by atoms with E-state index in [4.69, 9.17) is 9.40 Å². The maximum Gasteiger partial charge on any atom is 0.277 e. The SMILES string of the molecule is CCc1ccc(-c2nc(CSc3nnc(-c4cccc(C)c4)o3)cs2)cc1. The minimum atomic E-state index is 0.552. The van der Waals surface area contributed by atoms with E-state index in [-0.39, 0.29) is 0 Å². The van der Waals surface area contributed by atoms with Crippen molar-refractivity contribution < 1.29 is 4.42 Å². The van der Waals surface area contributed by atoms with Gasteiger partial charge in [0.15, 0.2) is 0 Å². The van der Waals surface area contributed by atoms with Crippen LogP contribution in [0.5, 0.6) is 0 Å². The van der Waals surface area contributed by atoms with Gasteiger partial charge in [-0.05, 0) is 31.0 Å². The fourth-order valence-electron chi connectivity index (χ4n) is 2.69. The van der Waals surface area contributed by atoms with E-state index >= 15 is 0 Å². The summed E-state index contributed by atoms with van der Waals surface area (Å²) >= 11 is 3.18. The van der Waals surface area contributed by atoms with Crippen LogP contribution in [0.4, 0.5) is 0 Å². The molecule has 2 heterocycles. The molecule has 0 unspecified atom stereocenters. The summed E-state index contributed by atoms with van der Waals surface area (Å²) in [7, 11) is 0. The van der Waals surface area contributed by atoms with E-state index < -0.39 is 0 Å². The van der Waals surface area contributed by atoms with Gasteiger partial charge in [-0.3, -0.25) is 0 Å². The Kier molecular flexibility index (Phi) is 5.36. The summed E-state index contributed by atoms with van der Waals surface area (Å²) in [6.45, 7) is 4.21. The Bertz CT molecular complexity index is 1040. The molecule has 136 valence electrons. The molecular weight excluding hydrogens is 374 g/mol. The molecule has 0 saturated carbocycles. The first-order chi connectivity index (χ1) is 13.2. The van der Waals surface area contributed by atoms with Crippen molar-refractivity contribution in [1.82, 2.24) is 15.2 Å². The van der Waals surface area contributed by atoms with Crippen molar-refractivity contribution in [2.75, 3.05) is 0 Å². The van der Waals surface area contributed by atoms with Crippen molar-refractivity contribution in [3.8, 4) is 22.0 Å². The van der Waals surface area contributed by atoms with Crippen LogP contribution >= 0.6 is 23.1 Å². The van der Waals surface area contributed by atoms with Gasteiger partial charge < -0.3 is 4.42 Å². The summed E-state index contributed by atoms with van der Waals surface area (Å²) in [5.41, 5.74) is 5.64. The molecule has 0 fully saturated rings. The van der Waals surface area contributed by atoms with Gasteiger partial charge in [-0.25, -0.2) is 4.98 Å². The number of thioether (sulfide) groups is 1. The van der Waals surface area contributed by atoms with Crippen LogP contribution in [-0.2, 0) is 12.2 Å². The highest BCUT2D eigenvalue weighted by Crippen LogP contribution is 2.29. The molecular formula is C21H19N3OS2. The number of benzene rings is 2. The number of rotatable bonds is 6. The average Bonchev–Trinajstić information content (AvgIpc) is 3.36. The fourth-order valence-corrected chi connectivity index (χ4v) is 4.27. The topological polar surface area (TPSA) is 51.8 Å². The highest BCUT2D eigenvalue weighted by atomic mass is 32.2. The second-order valence-corrected chi connectivity index (χ2v) is 8.01. The van der Waals surface area contributed by atoms with Crippen molar-refractivity contribution in [3.05, 3.63) is 70.7 Å². The minimum Gasteiger partial charge on any atom is -0.411 e. The summed E-state index contributed by atoms with van der Waals surface area (Å²) in [4.78, 5) is 4.74. The molecule has 6 heteroatoms. The van der Waals surface area contributed by atoms with E-state index in [0.29, 0.717) is 16.9 Å². The summed E-state index contributed by atoms with van der Waals surface area (Å²) < 4.78 is 5.78. The van der Waals surface area contributed by atoms with E-state index in [9.17, 15) is 0 Å². The van der Waals surface area contributed by atoms with Crippen LogP contribution in [0.1, 0.15) is 23.7 Å². The van der Waals surface area contributed by atoms with Gasteiger partial charge in [-0.15, -0.1) is 21.5 Å². The van der Waals surface area contributed by atoms with Gasteiger partial charge in [0.05, 0.1) is 5.69 Å². The largest absolute Gasteiger partial charge is 0.411 e. The lowest BCUT2D eigenvalue weighted by molar-refractivity contribution is 0.466. The molecule has 0 aliphatic rings. The minimum absolute atomic E-state index is 0.552. The number of nitrogens with zero attached hydrogens (tertiary/aromatic N) is 3. The fraction of sp³-hybridized carbons (Fsp3) is 0.190. The third-order valence-corrected chi connectivity index (χ3v) is 5.97. The highest BCUT2D eigenvalue weighted by Gasteiger charge is 2.11. The monoisotopic (exact) mass is 393 g/mol. The average molecular weight is 394 g/mol. The Morgan fingerprint density at radius 3 is 2.67 bits per heavy atom. The molecule has 0 radical (unpaired) electrons.